The van der Waals surface area contributed by atoms with Gasteiger partial charge in [0.05, 0.1) is 0 Å². The fourth-order valence-corrected chi connectivity index (χ4v) is 3.02. The van der Waals surface area contributed by atoms with Crippen molar-refractivity contribution in [1.29, 1.82) is 0 Å². The molecule has 1 heterocycles. The van der Waals surface area contributed by atoms with Gasteiger partial charge in [-0.25, -0.2) is 9.97 Å². The first kappa shape index (κ1) is 20.5. The number of benzene rings is 2. The predicted molar refractivity (Wildman–Crippen MR) is 118 cm³/mol. The molecule has 0 saturated heterocycles. The highest BCUT2D eigenvalue weighted by molar-refractivity contribution is 6.02. The van der Waals surface area contributed by atoms with E-state index < -0.39 is 0 Å². The first-order chi connectivity index (χ1) is 13.9. The standard InChI is InChI=1S/C24H28N4O/c1-17(2)20-10-12-21(13-11-20)26-23(29)22-14-15-25-24(27-22)28(18(3)4)16-19-8-6-5-7-9-19/h5-15,17-18H,16H2,1-4H3,(H,26,29). The molecule has 0 atom stereocenters. The normalized spacial score (nSPS) is 11.0. The molecule has 1 amide bonds. The molecule has 0 fully saturated rings. The average molecular weight is 389 g/mol. The molecule has 3 rings (SSSR count). The zero-order valence-corrected chi connectivity index (χ0v) is 17.5. The molecule has 2 aromatic carbocycles. The number of nitrogens with one attached hydrogen (secondary N) is 1. The van der Waals surface area contributed by atoms with Gasteiger partial charge in [0, 0.05) is 24.5 Å². The van der Waals surface area contributed by atoms with Crippen LogP contribution in [0.1, 0.15) is 55.2 Å². The largest absolute Gasteiger partial charge is 0.334 e. The van der Waals surface area contributed by atoms with Crippen LogP contribution in [0.2, 0.25) is 0 Å². The Kier molecular flexibility index (Phi) is 6.60. The fourth-order valence-electron chi connectivity index (χ4n) is 3.02. The monoisotopic (exact) mass is 388 g/mol. The minimum Gasteiger partial charge on any atom is -0.334 e. The van der Waals surface area contributed by atoms with Gasteiger partial charge in [-0.1, -0.05) is 56.3 Å². The molecule has 0 spiro atoms. The summed E-state index contributed by atoms with van der Waals surface area (Å²) < 4.78 is 0. The molecule has 0 saturated carbocycles. The average Bonchev–Trinajstić information content (AvgIpc) is 2.73. The summed E-state index contributed by atoms with van der Waals surface area (Å²) in [6, 6.07) is 19.9. The van der Waals surface area contributed by atoms with Crippen molar-refractivity contribution in [2.24, 2.45) is 0 Å². The smallest absolute Gasteiger partial charge is 0.274 e. The maximum absolute atomic E-state index is 12.7. The number of rotatable bonds is 7. The third kappa shape index (κ3) is 5.41. The van der Waals surface area contributed by atoms with Crippen molar-refractivity contribution >= 4 is 17.5 Å². The van der Waals surface area contributed by atoms with Gasteiger partial charge in [0.15, 0.2) is 0 Å². The Morgan fingerprint density at radius 3 is 2.28 bits per heavy atom. The summed E-state index contributed by atoms with van der Waals surface area (Å²) in [6.07, 6.45) is 1.64. The summed E-state index contributed by atoms with van der Waals surface area (Å²) in [5.74, 6) is 0.761. The molecule has 5 nitrogen and oxygen atoms in total. The van der Waals surface area contributed by atoms with E-state index in [0.29, 0.717) is 24.1 Å². The number of carbonyl (C=O) groups excluding carboxylic acids is 1. The Bertz CT molecular complexity index is 937. The zero-order chi connectivity index (χ0) is 20.8. The van der Waals surface area contributed by atoms with Crippen LogP contribution >= 0.6 is 0 Å². The summed E-state index contributed by atoms with van der Waals surface area (Å²) >= 11 is 0. The van der Waals surface area contributed by atoms with Crippen LogP contribution in [0, 0.1) is 0 Å². The summed E-state index contributed by atoms with van der Waals surface area (Å²) in [6.45, 7) is 9.16. The van der Waals surface area contributed by atoms with E-state index in [1.165, 1.54) is 11.1 Å². The number of amides is 1. The van der Waals surface area contributed by atoms with Crippen molar-refractivity contribution in [2.75, 3.05) is 10.2 Å². The van der Waals surface area contributed by atoms with Crippen LogP contribution in [0.5, 0.6) is 0 Å². The van der Waals surface area contributed by atoms with Gasteiger partial charge >= 0.3 is 0 Å². The van der Waals surface area contributed by atoms with E-state index in [9.17, 15) is 4.79 Å². The highest BCUT2D eigenvalue weighted by Crippen LogP contribution is 2.19. The Labute approximate surface area is 172 Å². The Hall–Kier alpha value is -3.21. The van der Waals surface area contributed by atoms with Crippen molar-refractivity contribution in [1.82, 2.24) is 9.97 Å². The van der Waals surface area contributed by atoms with Gasteiger partial charge in [-0.15, -0.1) is 0 Å². The zero-order valence-electron chi connectivity index (χ0n) is 17.5. The lowest BCUT2D eigenvalue weighted by Gasteiger charge is -2.27. The van der Waals surface area contributed by atoms with E-state index >= 15 is 0 Å². The van der Waals surface area contributed by atoms with Crippen molar-refractivity contribution in [3.63, 3.8) is 0 Å². The highest BCUT2D eigenvalue weighted by Gasteiger charge is 2.17. The number of hydrogen-bond acceptors (Lipinski definition) is 4. The van der Waals surface area contributed by atoms with Crippen LogP contribution < -0.4 is 10.2 Å². The number of hydrogen-bond donors (Lipinski definition) is 1. The molecule has 0 aliphatic heterocycles. The van der Waals surface area contributed by atoms with Gasteiger partial charge in [0.2, 0.25) is 5.95 Å². The van der Waals surface area contributed by atoms with E-state index in [2.05, 4.69) is 60.0 Å². The van der Waals surface area contributed by atoms with Crippen LogP contribution in [0.4, 0.5) is 11.6 Å². The van der Waals surface area contributed by atoms with E-state index in [4.69, 9.17) is 0 Å². The van der Waals surface area contributed by atoms with Crippen molar-refractivity contribution in [2.45, 2.75) is 46.2 Å². The molecule has 0 aliphatic carbocycles. The SMILES string of the molecule is CC(C)c1ccc(NC(=O)c2ccnc(N(Cc3ccccc3)C(C)C)n2)cc1. The van der Waals surface area contributed by atoms with Gasteiger partial charge in [-0.05, 0) is 49.1 Å². The number of aromatic nitrogens is 2. The molecule has 1 aromatic heterocycles. The Balaban J connectivity index is 1.77. The van der Waals surface area contributed by atoms with Crippen LogP contribution in [0.3, 0.4) is 0 Å². The number of nitrogens with zero attached hydrogens (tertiary/aromatic N) is 3. The second-order valence-corrected chi connectivity index (χ2v) is 7.68. The number of carbonyl (C=O) groups is 1. The lowest BCUT2D eigenvalue weighted by atomic mass is 10.0. The molecule has 5 heteroatoms. The molecule has 0 bridgehead atoms. The maximum Gasteiger partial charge on any atom is 0.274 e. The quantitative estimate of drug-likeness (QED) is 0.599. The molecular weight excluding hydrogens is 360 g/mol. The third-order valence-corrected chi connectivity index (χ3v) is 4.79. The van der Waals surface area contributed by atoms with Gasteiger partial charge in [0.1, 0.15) is 5.69 Å². The van der Waals surface area contributed by atoms with Gasteiger partial charge in [-0.3, -0.25) is 4.79 Å². The van der Waals surface area contributed by atoms with Crippen molar-refractivity contribution in [3.8, 4) is 0 Å². The van der Waals surface area contributed by atoms with Crippen molar-refractivity contribution < 1.29 is 4.79 Å². The van der Waals surface area contributed by atoms with Gasteiger partial charge in [-0.2, -0.15) is 0 Å². The second kappa shape index (κ2) is 9.32. The first-order valence-electron chi connectivity index (χ1n) is 9.99. The summed E-state index contributed by atoms with van der Waals surface area (Å²) in [4.78, 5) is 23.8. The van der Waals surface area contributed by atoms with E-state index in [1.54, 1.807) is 12.3 Å². The molecule has 0 unspecified atom stereocenters. The summed E-state index contributed by atoms with van der Waals surface area (Å²) in [5, 5.41) is 2.92. The molecular formula is C24H28N4O. The topological polar surface area (TPSA) is 58.1 Å². The Morgan fingerprint density at radius 2 is 1.66 bits per heavy atom. The minimum absolute atomic E-state index is 0.192. The van der Waals surface area contributed by atoms with Crippen LogP contribution in [-0.2, 0) is 6.54 Å². The highest BCUT2D eigenvalue weighted by atomic mass is 16.1. The van der Waals surface area contributed by atoms with Gasteiger partial charge < -0.3 is 10.2 Å². The Morgan fingerprint density at radius 1 is 0.966 bits per heavy atom. The van der Waals surface area contributed by atoms with E-state index in [-0.39, 0.29) is 11.9 Å². The maximum atomic E-state index is 12.7. The minimum atomic E-state index is -0.241. The first-order valence-corrected chi connectivity index (χ1v) is 9.99. The van der Waals surface area contributed by atoms with Crippen LogP contribution in [-0.4, -0.2) is 21.9 Å². The van der Waals surface area contributed by atoms with Gasteiger partial charge in [0.25, 0.3) is 5.91 Å². The molecule has 29 heavy (non-hydrogen) atoms. The number of anilines is 2. The van der Waals surface area contributed by atoms with Crippen molar-refractivity contribution in [3.05, 3.63) is 83.7 Å². The lowest BCUT2D eigenvalue weighted by molar-refractivity contribution is 0.102. The predicted octanol–water partition coefficient (Wildman–Crippen LogP) is 5.27. The third-order valence-electron chi connectivity index (χ3n) is 4.79. The van der Waals surface area contributed by atoms with Crippen LogP contribution in [0.15, 0.2) is 66.9 Å². The molecule has 0 aliphatic rings. The molecule has 3 aromatic rings. The lowest BCUT2D eigenvalue weighted by Crippen LogP contribution is -2.32. The molecule has 1 N–H and O–H groups in total. The van der Waals surface area contributed by atoms with Crippen LogP contribution in [0.25, 0.3) is 0 Å². The summed E-state index contributed by atoms with van der Waals surface area (Å²) in [5.41, 5.74) is 3.51. The van der Waals surface area contributed by atoms with E-state index in [1.807, 2.05) is 42.5 Å². The fraction of sp³-hybridized carbons (Fsp3) is 0.292. The second-order valence-electron chi connectivity index (χ2n) is 7.68. The molecule has 150 valence electrons. The van der Waals surface area contributed by atoms with E-state index in [0.717, 1.165) is 5.69 Å². The molecule has 0 radical (unpaired) electrons. The summed E-state index contributed by atoms with van der Waals surface area (Å²) in [7, 11) is 0.